The number of hydrogen-bond donors (Lipinski definition) is 0. The van der Waals surface area contributed by atoms with Crippen LogP contribution in [0.1, 0.15) is 0 Å². The second kappa shape index (κ2) is 2.75. The van der Waals surface area contributed by atoms with Crippen molar-refractivity contribution < 1.29 is 4.42 Å². The molecule has 0 aliphatic rings. The van der Waals surface area contributed by atoms with Crippen LogP contribution in [-0.4, -0.2) is 0 Å². The Morgan fingerprint density at radius 2 is 2.08 bits per heavy atom. The van der Waals surface area contributed by atoms with Gasteiger partial charge in [-0.3, -0.25) is 0 Å². The Labute approximate surface area is 76.9 Å². The van der Waals surface area contributed by atoms with Gasteiger partial charge < -0.3 is 4.42 Å². The van der Waals surface area contributed by atoms with Gasteiger partial charge >= 0.3 is 5.63 Å². The first-order valence-electron chi connectivity index (χ1n) is 3.44. The van der Waals surface area contributed by atoms with E-state index < -0.39 is 0 Å². The summed E-state index contributed by atoms with van der Waals surface area (Å²) in [6, 6.07) is 7.21. The predicted molar refractivity (Wildman–Crippen MR) is 50.2 cm³/mol. The molecule has 0 atom stereocenters. The monoisotopic (exact) mass is 224 g/mol. The lowest BCUT2D eigenvalue weighted by Gasteiger charge is -1.94. The normalized spacial score (nSPS) is 10.4. The Kier molecular flexibility index (Phi) is 1.73. The van der Waals surface area contributed by atoms with Crippen LogP contribution < -0.4 is 5.63 Å². The zero-order valence-electron chi connectivity index (χ0n) is 6.08. The minimum absolute atomic E-state index is 0.292. The highest BCUT2D eigenvalue weighted by Gasteiger charge is 1.98. The zero-order chi connectivity index (χ0) is 8.55. The van der Waals surface area contributed by atoms with Gasteiger partial charge in [0, 0.05) is 4.47 Å². The smallest absolute Gasteiger partial charge is 0.343 e. The van der Waals surface area contributed by atoms with Crippen molar-refractivity contribution in [2.45, 2.75) is 0 Å². The fourth-order valence-electron chi connectivity index (χ4n) is 1.09. The van der Waals surface area contributed by atoms with Gasteiger partial charge in [0.05, 0.1) is 11.6 Å². The Bertz CT molecular complexity index is 473. The van der Waals surface area contributed by atoms with Gasteiger partial charge in [-0.25, -0.2) is 4.79 Å². The minimum atomic E-state index is -0.292. The molecule has 0 amide bonds. The van der Waals surface area contributed by atoms with Crippen molar-refractivity contribution in [3.05, 3.63) is 45.4 Å². The predicted octanol–water partition coefficient (Wildman–Crippen LogP) is 2.56. The topological polar surface area (TPSA) is 30.2 Å². The quantitative estimate of drug-likeness (QED) is 0.689. The number of hydrogen-bond acceptors (Lipinski definition) is 2. The number of fused-ring (bicyclic) bond motifs is 1. The lowest BCUT2D eigenvalue weighted by atomic mass is 10.2. The summed E-state index contributed by atoms with van der Waals surface area (Å²) in [5.41, 5.74) is -0.292. The molecule has 0 fully saturated rings. The highest BCUT2D eigenvalue weighted by atomic mass is 79.9. The van der Waals surface area contributed by atoms with E-state index in [1.54, 1.807) is 12.1 Å². The van der Waals surface area contributed by atoms with E-state index in [0.717, 1.165) is 9.86 Å². The van der Waals surface area contributed by atoms with Crippen molar-refractivity contribution in [3.8, 4) is 0 Å². The molecule has 60 valence electrons. The summed E-state index contributed by atoms with van der Waals surface area (Å²) in [6.07, 6.45) is 1.40. The first-order valence-corrected chi connectivity index (χ1v) is 4.24. The third-order valence-electron chi connectivity index (χ3n) is 1.66. The maximum atomic E-state index is 11.1. The molecular formula is C9H5BrO2. The zero-order valence-corrected chi connectivity index (χ0v) is 7.67. The van der Waals surface area contributed by atoms with Gasteiger partial charge in [0.2, 0.25) is 0 Å². The number of benzene rings is 1. The summed E-state index contributed by atoms with van der Waals surface area (Å²) in [5, 5.41) is 1.50. The fraction of sp³-hybridized carbons (Fsp3) is 0. The molecule has 2 aromatic rings. The van der Waals surface area contributed by atoms with Crippen LogP contribution in [0, 0.1) is 0 Å². The molecule has 0 N–H and O–H groups in total. The summed E-state index contributed by atoms with van der Waals surface area (Å²) in [5.74, 6) is 0. The van der Waals surface area contributed by atoms with E-state index in [0.29, 0.717) is 5.39 Å². The van der Waals surface area contributed by atoms with Crippen LogP contribution in [0.5, 0.6) is 0 Å². The summed E-state index contributed by atoms with van der Waals surface area (Å²) in [7, 11) is 0. The third-order valence-corrected chi connectivity index (χ3v) is 2.15. The lowest BCUT2D eigenvalue weighted by Crippen LogP contribution is -1.96. The van der Waals surface area contributed by atoms with Crippen molar-refractivity contribution in [2.75, 3.05) is 0 Å². The van der Waals surface area contributed by atoms with Crippen LogP contribution in [-0.2, 0) is 0 Å². The Balaban J connectivity index is 2.96. The van der Waals surface area contributed by atoms with Crippen LogP contribution in [0.3, 0.4) is 0 Å². The third kappa shape index (κ3) is 1.16. The standard InChI is InChI=1S/C9H5BrO2/c10-7-1-2-8-6(5-7)3-4-12-9(8)11/h1-5H. The second-order valence-corrected chi connectivity index (χ2v) is 3.36. The van der Waals surface area contributed by atoms with Crippen molar-refractivity contribution in [2.24, 2.45) is 0 Å². The maximum Gasteiger partial charge on any atom is 0.343 e. The van der Waals surface area contributed by atoms with E-state index in [1.165, 1.54) is 6.26 Å². The van der Waals surface area contributed by atoms with Gasteiger partial charge in [-0.05, 0) is 29.7 Å². The molecule has 2 nitrogen and oxygen atoms in total. The summed E-state index contributed by atoms with van der Waals surface area (Å²) < 4.78 is 5.67. The highest BCUT2D eigenvalue weighted by molar-refractivity contribution is 9.10. The number of halogens is 1. The van der Waals surface area contributed by atoms with Gasteiger partial charge in [-0.15, -0.1) is 0 Å². The molecule has 0 unspecified atom stereocenters. The van der Waals surface area contributed by atoms with Gasteiger partial charge in [0.1, 0.15) is 0 Å². The number of rotatable bonds is 0. The van der Waals surface area contributed by atoms with Gasteiger partial charge in [0.25, 0.3) is 0 Å². The van der Waals surface area contributed by atoms with E-state index in [4.69, 9.17) is 4.42 Å². The van der Waals surface area contributed by atoms with E-state index in [9.17, 15) is 4.79 Å². The molecule has 0 aliphatic carbocycles. The van der Waals surface area contributed by atoms with Crippen molar-refractivity contribution in [1.29, 1.82) is 0 Å². The van der Waals surface area contributed by atoms with Crippen LogP contribution in [0.2, 0.25) is 0 Å². The molecule has 0 saturated heterocycles. The average molecular weight is 225 g/mol. The molecule has 0 spiro atoms. The molecule has 0 aliphatic heterocycles. The van der Waals surface area contributed by atoms with Gasteiger partial charge in [-0.1, -0.05) is 15.9 Å². The molecule has 0 bridgehead atoms. The Hall–Kier alpha value is -1.09. The largest absolute Gasteiger partial charge is 0.431 e. The summed E-state index contributed by atoms with van der Waals surface area (Å²) >= 11 is 3.32. The van der Waals surface area contributed by atoms with Crippen molar-refractivity contribution in [3.63, 3.8) is 0 Å². The molecule has 3 heteroatoms. The fourth-order valence-corrected chi connectivity index (χ4v) is 1.47. The van der Waals surface area contributed by atoms with Crippen LogP contribution in [0.15, 0.2) is 44.2 Å². The first-order chi connectivity index (χ1) is 5.77. The molecule has 1 aromatic heterocycles. The molecule has 1 heterocycles. The highest BCUT2D eigenvalue weighted by Crippen LogP contribution is 2.16. The molecule has 0 saturated carbocycles. The average Bonchev–Trinajstić information content (AvgIpc) is 2.04. The summed E-state index contributed by atoms with van der Waals surface area (Å²) in [6.45, 7) is 0. The maximum absolute atomic E-state index is 11.1. The molecule has 1 aromatic carbocycles. The first kappa shape index (κ1) is 7.55. The minimum Gasteiger partial charge on any atom is -0.431 e. The van der Waals surface area contributed by atoms with Gasteiger partial charge in [-0.2, -0.15) is 0 Å². The van der Waals surface area contributed by atoms with Crippen molar-refractivity contribution in [1.82, 2.24) is 0 Å². The van der Waals surface area contributed by atoms with Gasteiger partial charge in [0.15, 0.2) is 0 Å². The molecule has 2 rings (SSSR count). The van der Waals surface area contributed by atoms with E-state index in [1.807, 2.05) is 12.1 Å². The SMILES string of the molecule is O=c1occc2cc(Br)ccc12. The molecule has 12 heavy (non-hydrogen) atoms. The van der Waals surface area contributed by atoms with E-state index in [-0.39, 0.29) is 5.63 Å². The second-order valence-electron chi connectivity index (χ2n) is 2.44. The Morgan fingerprint density at radius 3 is 2.92 bits per heavy atom. The van der Waals surface area contributed by atoms with Crippen molar-refractivity contribution >= 4 is 26.7 Å². The molecule has 0 radical (unpaired) electrons. The molecular weight excluding hydrogens is 220 g/mol. The van der Waals surface area contributed by atoms with Crippen LogP contribution in [0.25, 0.3) is 10.8 Å². The lowest BCUT2D eigenvalue weighted by molar-refractivity contribution is 0.519. The van der Waals surface area contributed by atoms with Crippen LogP contribution in [0.4, 0.5) is 0 Å². The summed E-state index contributed by atoms with van der Waals surface area (Å²) in [4.78, 5) is 11.1. The van der Waals surface area contributed by atoms with E-state index >= 15 is 0 Å². The Morgan fingerprint density at radius 1 is 1.25 bits per heavy atom. The van der Waals surface area contributed by atoms with Crippen LogP contribution >= 0.6 is 15.9 Å². The van der Waals surface area contributed by atoms with E-state index in [2.05, 4.69) is 15.9 Å².